The lowest BCUT2D eigenvalue weighted by molar-refractivity contribution is 0.612. The highest BCUT2D eigenvalue weighted by Crippen LogP contribution is 2.01. The summed E-state index contributed by atoms with van der Waals surface area (Å²) in [6, 6.07) is 7.50. The Bertz CT molecular complexity index is 463. The molecule has 0 saturated heterocycles. The average Bonchev–Trinajstić information content (AvgIpc) is 2.06. The van der Waals surface area contributed by atoms with E-state index in [9.17, 15) is 8.42 Å². The Morgan fingerprint density at radius 1 is 1.29 bits per heavy atom. The van der Waals surface area contributed by atoms with E-state index < -0.39 is 9.05 Å². The van der Waals surface area contributed by atoms with Crippen molar-refractivity contribution in [3.63, 3.8) is 0 Å². The molecule has 0 amide bonds. The molecule has 0 aromatic heterocycles. The monoisotopic (exact) mass is 228 g/mol. The van der Waals surface area contributed by atoms with Gasteiger partial charge in [-0.05, 0) is 19.1 Å². The minimum atomic E-state index is -3.50. The molecule has 0 saturated carbocycles. The van der Waals surface area contributed by atoms with E-state index in [1.807, 2.05) is 31.2 Å². The summed E-state index contributed by atoms with van der Waals surface area (Å²) in [4.78, 5) is 0. The van der Waals surface area contributed by atoms with E-state index in [-0.39, 0.29) is 5.75 Å². The zero-order chi connectivity index (χ0) is 10.6. The Morgan fingerprint density at radius 3 is 2.36 bits per heavy atom. The van der Waals surface area contributed by atoms with Crippen LogP contribution in [0.15, 0.2) is 24.3 Å². The molecular weight excluding hydrogens is 220 g/mol. The van der Waals surface area contributed by atoms with Crippen LogP contribution in [0.3, 0.4) is 0 Å². The van der Waals surface area contributed by atoms with Crippen molar-refractivity contribution in [1.29, 1.82) is 0 Å². The predicted octanol–water partition coefficient (Wildman–Crippen LogP) is 1.92. The first-order valence-corrected chi connectivity index (χ1v) is 6.43. The van der Waals surface area contributed by atoms with Crippen LogP contribution in [0.4, 0.5) is 0 Å². The number of benzene rings is 1. The summed E-state index contributed by atoms with van der Waals surface area (Å²) in [6.07, 6.45) is 0. The molecule has 2 nitrogen and oxygen atoms in total. The Morgan fingerprint density at radius 2 is 1.86 bits per heavy atom. The van der Waals surface area contributed by atoms with Crippen LogP contribution in [0.5, 0.6) is 0 Å². The maximum absolute atomic E-state index is 10.5. The van der Waals surface area contributed by atoms with E-state index in [2.05, 4.69) is 11.8 Å². The zero-order valence-electron chi connectivity index (χ0n) is 7.62. The third-order valence-electron chi connectivity index (χ3n) is 1.53. The molecule has 0 radical (unpaired) electrons. The van der Waals surface area contributed by atoms with Crippen LogP contribution in [-0.4, -0.2) is 14.2 Å². The molecule has 1 aromatic carbocycles. The van der Waals surface area contributed by atoms with Crippen LogP contribution < -0.4 is 0 Å². The van der Waals surface area contributed by atoms with Crippen LogP contribution in [0.25, 0.3) is 0 Å². The van der Waals surface area contributed by atoms with Crippen molar-refractivity contribution in [3.8, 4) is 11.8 Å². The van der Waals surface area contributed by atoms with Crippen molar-refractivity contribution in [2.75, 3.05) is 5.75 Å². The van der Waals surface area contributed by atoms with Crippen LogP contribution >= 0.6 is 10.7 Å². The lowest BCUT2D eigenvalue weighted by Crippen LogP contribution is -1.92. The van der Waals surface area contributed by atoms with Gasteiger partial charge in [0, 0.05) is 16.2 Å². The molecule has 1 rings (SSSR count). The lowest BCUT2D eigenvalue weighted by Gasteiger charge is -1.91. The van der Waals surface area contributed by atoms with Crippen molar-refractivity contribution < 1.29 is 8.42 Å². The summed E-state index contributed by atoms with van der Waals surface area (Å²) in [5.41, 5.74) is 1.93. The third-order valence-corrected chi connectivity index (χ3v) is 2.35. The molecule has 0 bridgehead atoms. The van der Waals surface area contributed by atoms with Gasteiger partial charge in [-0.1, -0.05) is 29.5 Å². The van der Waals surface area contributed by atoms with E-state index in [4.69, 9.17) is 10.7 Å². The van der Waals surface area contributed by atoms with E-state index in [0.29, 0.717) is 0 Å². The number of hydrogen-bond acceptors (Lipinski definition) is 2. The topological polar surface area (TPSA) is 34.1 Å². The van der Waals surface area contributed by atoms with E-state index >= 15 is 0 Å². The van der Waals surface area contributed by atoms with E-state index in [1.165, 1.54) is 0 Å². The number of hydrogen-bond donors (Lipinski definition) is 0. The molecular formula is C10H9ClO2S. The van der Waals surface area contributed by atoms with E-state index in [0.717, 1.165) is 11.1 Å². The van der Waals surface area contributed by atoms with Crippen molar-refractivity contribution in [2.45, 2.75) is 6.92 Å². The molecule has 74 valence electrons. The fourth-order valence-electron chi connectivity index (χ4n) is 0.861. The van der Waals surface area contributed by atoms with Crippen molar-refractivity contribution in [3.05, 3.63) is 35.4 Å². The molecule has 0 aliphatic carbocycles. The van der Waals surface area contributed by atoms with E-state index in [1.54, 1.807) is 0 Å². The summed E-state index contributed by atoms with van der Waals surface area (Å²) >= 11 is 0. The van der Waals surface area contributed by atoms with Gasteiger partial charge in [0.05, 0.1) is 0 Å². The van der Waals surface area contributed by atoms with Gasteiger partial charge < -0.3 is 0 Å². The van der Waals surface area contributed by atoms with Gasteiger partial charge in [0.15, 0.2) is 0 Å². The van der Waals surface area contributed by atoms with Gasteiger partial charge in [0.1, 0.15) is 5.75 Å². The summed E-state index contributed by atoms with van der Waals surface area (Å²) < 4.78 is 21.1. The summed E-state index contributed by atoms with van der Waals surface area (Å²) in [5.74, 6) is 4.89. The Kier molecular flexibility index (Phi) is 3.56. The van der Waals surface area contributed by atoms with Gasteiger partial charge in [-0.15, -0.1) is 0 Å². The highest BCUT2D eigenvalue weighted by Gasteiger charge is 1.99. The molecule has 14 heavy (non-hydrogen) atoms. The predicted molar refractivity (Wildman–Crippen MR) is 57.7 cm³/mol. The maximum Gasteiger partial charge on any atom is 0.243 e. The molecule has 4 heteroatoms. The summed E-state index contributed by atoms with van der Waals surface area (Å²) in [5, 5.41) is 0. The van der Waals surface area contributed by atoms with Gasteiger partial charge in [-0.3, -0.25) is 0 Å². The molecule has 0 N–H and O–H groups in total. The highest BCUT2D eigenvalue weighted by molar-refractivity contribution is 8.13. The highest BCUT2D eigenvalue weighted by atomic mass is 35.7. The minimum absolute atomic E-state index is 0.317. The molecule has 0 fully saturated rings. The Hall–Kier alpha value is -0.980. The number of halogens is 1. The third kappa shape index (κ3) is 4.31. The smallest absolute Gasteiger partial charge is 0.211 e. The maximum atomic E-state index is 10.5. The molecule has 0 aliphatic heterocycles. The van der Waals surface area contributed by atoms with Crippen LogP contribution in [0.2, 0.25) is 0 Å². The second-order valence-electron chi connectivity index (χ2n) is 2.85. The molecule has 0 atom stereocenters. The molecule has 1 aromatic rings. The number of rotatable bonds is 1. The second kappa shape index (κ2) is 4.50. The fourth-order valence-corrected chi connectivity index (χ4v) is 1.27. The van der Waals surface area contributed by atoms with Crippen LogP contribution in [0.1, 0.15) is 11.1 Å². The van der Waals surface area contributed by atoms with Crippen molar-refractivity contribution in [2.24, 2.45) is 0 Å². The SMILES string of the molecule is Cc1ccc(C#CCS(=O)(=O)Cl)cc1. The molecule has 0 heterocycles. The average molecular weight is 229 g/mol. The molecule has 0 aliphatic rings. The fraction of sp³-hybridized carbons (Fsp3) is 0.200. The van der Waals surface area contributed by atoms with Crippen LogP contribution in [0, 0.1) is 18.8 Å². The first-order chi connectivity index (χ1) is 6.47. The van der Waals surface area contributed by atoms with Crippen molar-refractivity contribution in [1.82, 2.24) is 0 Å². The molecule has 0 unspecified atom stereocenters. The summed E-state index contributed by atoms with van der Waals surface area (Å²) in [6.45, 7) is 1.97. The number of aryl methyl sites for hydroxylation is 1. The quantitative estimate of drug-likeness (QED) is 0.544. The Labute approximate surface area is 88.3 Å². The largest absolute Gasteiger partial charge is 0.243 e. The first kappa shape index (κ1) is 11.1. The van der Waals surface area contributed by atoms with Crippen molar-refractivity contribution >= 4 is 19.7 Å². The zero-order valence-corrected chi connectivity index (χ0v) is 9.19. The molecule has 0 spiro atoms. The van der Waals surface area contributed by atoms with Crippen LogP contribution in [-0.2, 0) is 9.05 Å². The van der Waals surface area contributed by atoms with Gasteiger partial charge in [-0.2, -0.15) is 0 Å². The van der Waals surface area contributed by atoms with Gasteiger partial charge >= 0.3 is 0 Å². The Balaban J connectivity index is 2.74. The minimum Gasteiger partial charge on any atom is -0.211 e. The van der Waals surface area contributed by atoms with Gasteiger partial charge in [-0.25, -0.2) is 8.42 Å². The first-order valence-electron chi connectivity index (χ1n) is 3.95. The summed E-state index contributed by atoms with van der Waals surface area (Å²) in [7, 11) is 1.49. The normalized spacial score (nSPS) is 10.4. The standard InChI is InChI=1S/C10H9ClO2S/c1-9-4-6-10(7-5-9)3-2-8-14(11,12)13/h4-7H,8H2,1H3. The lowest BCUT2D eigenvalue weighted by atomic mass is 10.2. The van der Waals surface area contributed by atoms with Gasteiger partial charge in [0.25, 0.3) is 0 Å². The second-order valence-corrected chi connectivity index (χ2v) is 5.63. The van der Waals surface area contributed by atoms with Gasteiger partial charge in [0.2, 0.25) is 9.05 Å².